The molecule has 0 unspecified atom stereocenters. The number of nitrogens with zero attached hydrogens (tertiary/aromatic N) is 8. The molecule has 0 spiro atoms. The second kappa shape index (κ2) is 10.1. The van der Waals surface area contributed by atoms with Crippen LogP contribution in [0.1, 0.15) is 0 Å². The molecule has 2 fully saturated rings. The van der Waals surface area contributed by atoms with Gasteiger partial charge in [0.15, 0.2) is 0 Å². The van der Waals surface area contributed by atoms with E-state index in [1.54, 1.807) is 0 Å². The van der Waals surface area contributed by atoms with Gasteiger partial charge in [0.2, 0.25) is 11.9 Å². The van der Waals surface area contributed by atoms with Crippen molar-refractivity contribution >= 4 is 43.4 Å². The molecule has 8 nitrogen and oxygen atoms in total. The number of anilines is 2. The average molecular weight is 537 g/mol. The van der Waals surface area contributed by atoms with Crippen LogP contribution in [0.4, 0.5) is 11.9 Å². The lowest BCUT2D eigenvalue weighted by Gasteiger charge is -2.32. The SMILES string of the molecule is CN1CCN(c2ncc(-c3ccc4c(c3)sc3cc(-c5cnc(N6CCN(C)CC6)nc5)ccc34)cn2)CC1. The van der Waals surface area contributed by atoms with Gasteiger partial charge in [0.1, 0.15) is 0 Å². The van der Waals surface area contributed by atoms with Crippen LogP contribution in [0, 0.1) is 0 Å². The van der Waals surface area contributed by atoms with Crippen LogP contribution in [0.15, 0.2) is 61.2 Å². The molecule has 5 heterocycles. The van der Waals surface area contributed by atoms with E-state index in [9.17, 15) is 0 Å². The predicted octanol–water partition coefficient (Wildman–Crippen LogP) is 4.47. The van der Waals surface area contributed by atoms with E-state index in [0.29, 0.717) is 0 Å². The Morgan fingerprint density at radius 2 is 0.897 bits per heavy atom. The molecule has 2 aromatic carbocycles. The number of aromatic nitrogens is 4. The first kappa shape index (κ1) is 24.4. The molecule has 5 aromatic rings. The second-order valence-corrected chi connectivity index (χ2v) is 11.7. The van der Waals surface area contributed by atoms with Crippen molar-refractivity contribution in [2.75, 3.05) is 76.3 Å². The first-order valence-corrected chi connectivity index (χ1v) is 14.4. The fourth-order valence-corrected chi connectivity index (χ4v) is 6.60. The Balaban J connectivity index is 1.12. The molecule has 2 aliphatic rings. The van der Waals surface area contributed by atoms with Gasteiger partial charge < -0.3 is 19.6 Å². The van der Waals surface area contributed by atoms with E-state index in [4.69, 9.17) is 19.9 Å². The fraction of sp³-hybridized carbons (Fsp3) is 0.333. The van der Waals surface area contributed by atoms with Crippen molar-refractivity contribution in [1.29, 1.82) is 0 Å². The van der Waals surface area contributed by atoms with Gasteiger partial charge >= 0.3 is 0 Å². The lowest BCUT2D eigenvalue weighted by atomic mass is 10.0. The normalized spacial score (nSPS) is 17.4. The Bertz CT molecular complexity index is 1480. The minimum atomic E-state index is 0.822. The van der Waals surface area contributed by atoms with Crippen molar-refractivity contribution < 1.29 is 0 Å². The van der Waals surface area contributed by atoms with Crippen molar-refractivity contribution in [3.8, 4) is 22.3 Å². The summed E-state index contributed by atoms with van der Waals surface area (Å²) in [6, 6.07) is 13.4. The maximum absolute atomic E-state index is 4.69. The average Bonchev–Trinajstić information content (AvgIpc) is 3.35. The Kier molecular flexibility index (Phi) is 6.34. The van der Waals surface area contributed by atoms with E-state index in [0.717, 1.165) is 86.5 Å². The highest BCUT2D eigenvalue weighted by atomic mass is 32.1. The van der Waals surface area contributed by atoms with Crippen LogP contribution in [-0.2, 0) is 0 Å². The molecule has 7 rings (SSSR count). The van der Waals surface area contributed by atoms with E-state index in [1.165, 1.54) is 20.2 Å². The number of fused-ring (bicyclic) bond motifs is 3. The molecule has 0 saturated carbocycles. The molecule has 0 bridgehead atoms. The van der Waals surface area contributed by atoms with Crippen molar-refractivity contribution in [3.63, 3.8) is 0 Å². The summed E-state index contributed by atoms with van der Waals surface area (Å²) in [5.41, 5.74) is 4.38. The van der Waals surface area contributed by atoms with Crippen LogP contribution in [-0.4, -0.2) is 96.2 Å². The Morgan fingerprint density at radius 1 is 0.513 bits per heavy atom. The monoisotopic (exact) mass is 536 g/mol. The summed E-state index contributed by atoms with van der Waals surface area (Å²) in [6.45, 7) is 8.07. The third kappa shape index (κ3) is 4.82. The van der Waals surface area contributed by atoms with E-state index >= 15 is 0 Å². The minimum Gasteiger partial charge on any atom is -0.338 e. The smallest absolute Gasteiger partial charge is 0.225 e. The van der Waals surface area contributed by atoms with Gasteiger partial charge in [-0.25, -0.2) is 19.9 Å². The van der Waals surface area contributed by atoms with Gasteiger partial charge in [0.25, 0.3) is 0 Å². The number of likely N-dealkylation sites (N-methyl/N-ethyl adjacent to an activating group) is 2. The van der Waals surface area contributed by atoms with Gasteiger partial charge in [-0.15, -0.1) is 11.3 Å². The van der Waals surface area contributed by atoms with E-state index in [2.05, 4.69) is 70.1 Å². The fourth-order valence-electron chi connectivity index (χ4n) is 5.42. The number of benzene rings is 2. The first-order chi connectivity index (χ1) is 19.1. The van der Waals surface area contributed by atoms with Crippen LogP contribution >= 0.6 is 11.3 Å². The lowest BCUT2D eigenvalue weighted by molar-refractivity contribution is 0.311. The van der Waals surface area contributed by atoms with Crippen molar-refractivity contribution in [1.82, 2.24) is 29.7 Å². The first-order valence-electron chi connectivity index (χ1n) is 13.6. The number of rotatable bonds is 4. The molecule has 0 aliphatic carbocycles. The summed E-state index contributed by atoms with van der Waals surface area (Å²) >= 11 is 1.82. The topological polar surface area (TPSA) is 64.5 Å². The Hall–Kier alpha value is -3.66. The lowest BCUT2D eigenvalue weighted by Crippen LogP contribution is -2.45. The minimum absolute atomic E-state index is 0.822. The summed E-state index contributed by atoms with van der Waals surface area (Å²) in [5, 5.41) is 2.56. The van der Waals surface area contributed by atoms with Gasteiger partial charge in [-0.1, -0.05) is 24.3 Å². The van der Waals surface area contributed by atoms with Crippen molar-refractivity contribution in [2.24, 2.45) is 0 Å². The zero-order valence-corrected chi connectivity index (χ0v) is 23.2. The maximum Gasteiger partial charge on any atom is 0.225 e. The quantitative estimate of drug-likeness (QED) is 0.333. The zero-order valence-electron chi connectivity index (χ0n) is 22.4. The third-order valence-electron chi connectivity index (χ3n) is 7.99. The molecular weight excluding hydrogens is 504 g/mol. The van der Waals surface area contributed by atoms with Gasteiger partial charge in [-0.2, -0.15) is 0 Å². The molecular formula is C30H32N8S. The number of piperazine rings is 2. The standard InChI is InChI=1S/C30H32N8S/c1-35-7-11-37(12-8-35)29-31-17-23(18-32-29)21-3-5-25-26-6-4-22(16-28(26)39-27(25)15-21)24-19-33-30(34-20-24)38-13-9-36(2)10-14-38/h3-6,15-20H,7-14H2,1-2H3. The molecule has 0 amide bonds. The van der Waals surface area contributed by atoms with Crippen molar-refractivity contribution in [3.05, 3.63) is 61.2 Å². The van der Waals surface area contributed by atoms with Gasteiger partial charge in [-0.05, 0) is 37.4 Å². The predicted molar refractivity (Wildman–Crippen MR) is 161 cm³/mol. The highest BCUT2D eigenvalue weighted by Gasteiger charge is 2.18. The number of hydrogen-bond acceptors (Lipinski definition) is 9. The molecule has 0 radical (unpaired) electrons. The molecule has 2 saturated heterocycles. The Labute approximate surface area is 232 Å². The molecule has 2 aliphatic heterocycles. The van der Waals surface area contributed by atoms with Crippen molar-refractivity contribution in [2.45, 2.75) is 0 Å². The molecule has 3 aromatic heterocycles. The summed E-state index contributed by atoms with van der Waals surface area (Å²) in [7, 11) is 4.32. The van der Waals surface area contributed by atoms with E-state index < -0.39 is 0 Å². The van der Waals surface area contributed by atoms with Crippen LogP contribution in [0.5, 0.6) is 0 Å². The van der Waals surface area contributed by atoms with Crippen LogP contribution in [0.3, 0.4) is 0 Å². The highest BCUT2D eigenvalue weighted by molar-refractivity contribution is 7.25. The van der Waals surface area contributed by atoms with E-state index in [-0.39, 0.29) is 0 Å². The van der Waals surface area contributed by atoms with Crippen LogP contribution in [0.25, 0.3) is 42.4 Å². The molecule has 198 valence electrons. The van der Waals surface area contributed by atoms with E-state index in [1.807, 2.05) is 36.1 Å². The van der Waals surface area contributed by atoms with Gasteiger partial charge in [0.05, 0.1) is 0 Å². The summed E-state index contributed by atoms with van der Waals surface area (Å²) in [4.78, 5) is 28.0. The van der Waals surface area contributed by atoms with Gasteiger partial charge in [0, 0.05) is 108 Å². The molecule has 0 atom stereocenters. The zero-order chi connectivity index (χ0) is 26.3. The Morgan fingerprint density at radius 3 is 1.28 bits per heavy atom. The van der Waals surface area contributed by atoms with Gasteiger partial charge in [-0.3, -0.25) is 0 Å². The molecule has 39 heavy (non-hydrogen) atoms. The van der Waals surface area contributed by atoms with Crippen LogP contribution < -0.4 is 9.80 Å². The number of hydrogen-bond donors (Lipinski definition) is 0. The third-order valence-corrected chi connectivity index (χ3v) is 9.10. The highest BCUT2D eigenvalue weighted by Crippen LogP contribution is 2.38. The molecule has 0 N–H and O–H groups in total. The second-order valence-electron chi connectivity index (χ2n) is 10.6. The summed E-state index contributed by atoms with van der Waals surface area (Å²) in [6.07, 6.45) is 7.83. The summed E-state index contributed by atoms with van der Waals surface area (Å²) in [5.74, 6) is 1.64. The maximum atomic E-state index is 4.69. The molecule has 9 heteroatoms. The number of thiophene rings is 1. The largest absolute Gasteiger partial charge is 0.338 e. The van der Waals surface area contributed by atoms with Crippen LogP contribution in [0.2, 0.25) is 0 Å². The summed E-state index contributed by atoms with van der Waals surface area (Å²) < 4.78 is 2.54.